The maximum Gasteiger partial charge on any atom is 0.243 e. The molecule has 0 saturated carbocycles. The lowest BCUT2D eigenvalue weighted by molar-refractivity contribution is -0.114. The highest BCUT2D eigenvalue weighted by atomic mass is 32.2. The van der Waals surface area contributed by atoms with Gasteiger partial charge in [0.05, 0.1) is 4.90 Å². The fourth-order valence-electron chi connectivity index (χ4n) is 3.48. The number of nitrogens with one attached hydrogen (secondary N) is 1. The van der Waals surface area contributed by atoms with E-state index in [0.717, 1.165) is 11.6 Å². The molecule has 162 valence electrons. The Hall–Kier alpha value is -3.31. The second-order valence-corrected chi connectivity index (χ2v) is 9.11. The molecule has 31 heavy (non-hydrogen) atoms. The molecular weight excluding hydrogens is 418 g/mol. The number of anilines is 2. The van der Waals surface area contributed by atoms with E-state index in [9.17, 15) is 13.2 Å². The van der Waals surface area contributed by atoms with Gasteiger partial charge in [0.2, 0.25) is 15.9 Å². The second-order valence-electron chi connectivity index (χ2n) is 7.18. The van der Waals surface area contributed by atoms with Gasteiger partial charge in [-0.25, -0.2) is 23.4 Å². The molecule has 1 aromatic carbocycles. The first-order chi connectivity index (χ1) is 14.8. The van der Waals surface area contributed by atoms with Crippen molar-refractivity contribution in [2.24, 2.45) is 0 Å². The standard InChI is InChI=1S/C20H23N7O3S/c1-15-21-7-8-27(15)20-13-19(22-14-23-20)25-9-11-26(12-10-25)31(29,30)18-5-3-17(4-6-18)24-16(2)28/h3-8,13-14H,9-12H2,1-2H3,(H,24,28). The van der Waals surface area contributed by atoms with Gasteiger partial charge < -0.3 is 10.2 Å². The van der Waals surface area contributed by atoms with Crippen LogP contribution in [-0.4, -0.2) is 64.3 Å². The van der Waals surface area contributed by atoms with Gasteiger partial charge in [0.15, 0.2) is 0 Å². The summed E-state index contributed by atoms with van der Waals surface area (Å²) in [6.45, 7) is 5.03. The van der Waals surface area contributed by atoms with Crippen LogP contribution in [0, 0.1) is 6.92 Å². The largest absolute Gasteiger partial charge is 0.354 e. The van der Waals surface area contributed by atoms with Gasteiger partial charge in [-0.1, -0.05) is 0 Å². The second kappa shape index (κ2) is 8.44. The first-order valence-electron chi connectivity index (χ1n) is 9.80. The Kier molecular flexibility index (Phi) is 5.70. The van der Waals surface area contributed by atoms with Crippen LogP contribution >= 0.6 is 0 Å². The highest BCUT2D eigenvalue weighted by Gasteiger charge is 2.29. The number of aromatic nitrogens is 4. The van der Waals surface area contributed by atoms with Crippen LogP contribution in [0.5, 0.6) is 0 Å². The average Bonchev–Trinajstić information content (AvgIpc) is 3.20. The van der Waals surface area contributed by atoms with Gasteiger partial charge in [0, 0.05) is 57.3 Å². The summed E-state index contributed by atoms with van der Waals surface area (Å²) in [5.74, 6) is 2.08. The molecule has 10 nitrogen and oxygen atoms in total. The Balaban J connectivity index is 1.45. The highest BCUT2D eigenvalue weighted by Crippen LogP contribution is 2.22. The molecule has 0 bridgehead atoms. The molecule has 0 spiro atoms. The average molecular weight is 442 g/mol. The van der Waals surface area contributed by atoms with Crippen LogP contribution in [-0.2, 0) is 14.8 Å². The Morgan fingerprint density at radius 2 is 1.68 bits per heavy atom. The third-order valence-corrected chi connectivity index (χ3v) is 7.00. The number of carbonyl (C=O) groups excluding carboxylic acids is 1. The van der Waals surface area contributed by atoms with Crippen molar-refractivity contribution in [3.8, 4) is 5.82 Å². The molecule has 2 aromatic heterocycles. The lowest BCUT2D eigenvalue weighted by atomic mass is 10.3. The predicted octanol–water partition coefficient (Wildman–Crippen LogP) is 1.44. The van der Waals surface area contributed by atoms with Crippen molar-refractivity contribution in [2.75, 3.05) is 36.4 Å². The predicted molar refractivity (Wildman–Crippen MR) is 116 cm³/mol. The maximum absolute atomic E-state index is 13.0. The molecule has 4 rings (SSSR count). The SMILES string of the molecule is CC(=O)Nc1ccc(S(=O)(=O)N2CCN(c3cc(-n4ccnc4C)ncn3)CC2)cc1. The third-order valence-electron chi connectivity index (χ3n) is 5.09. The number of rotatable bonds is 5. The van der Waals surface area contributed by atoms with E-state index in [-0.39, 0.29) is 10.8 Å². The lowest BCUT2D eigenvalue weighted by Crippen LogP contribution is -2.48. The van der Waals surface area contributed by atoms with E-state index in [2.05, 4.69) is 20.3 Å². The molecule has 3 aromatic rings. The molecular formula is C20H23N7O3S. The first-order valence-corrected chi connectivity index (χ1v) is 11.2. The Morgan fingerprint density at radius 3 is 2.29 bits per heavy atom. The minimum absolute atomic E-state index is 0.204. The summed E-state index contributed by atoms with van der Waals surface area (Å²) in [6, 6.07) is 8.07. The van der Waals surface area contributed by atoms with E-state index in [1.807, 2.05) is 28.7 Å². The number of piperazine rings is 1. The number of nitrogens with zero attached hydrogens (tertiary/aromatic N) is 6. The van der Waals surface area contributed by atoms with E-state index < -0.39 is 10.0 Å². The molecule has 0 unspecified atom stereocenters. The number of carbonyl (C=O) groups is 1. The number of benzene rings is 1. The number of amides is 1. The fraction of sp³-hybridized carbons (Fsp3) is 0.300. The summed E-state index contributed by atoms with van der Waals surface area (Å²) >= 11 is 0. The van der Waals surface area contributed by atoms with Crippen molar-refractivity contribution < 1.29 is 13.2 Å². The molecule has 1 amide bonds. The number of aryl methyl sites for hydroxylation is 1. The molecule has 1 aliphatic rings. The summed E-state index contributed by atoms with van der Waals surface area (Å²) in [5.41, 5.74) is 0.559. The Labute approximate surface area is 180 Å². The normalized spacial score (nSPS) is 15.1. The summed E-state index contributed by atoms with van der Waals surface area (Å²) in [4.78, 5) is 26.3. The number of sulfonamides is 1. The fourth-order valence-corrected chi connectivity index (χ4v) is 4.90. The molecule has 1 aliphatic heterocycles. The van der Waals surface area contributed by atoms with Crippen LogP contribution < -0.4 is 10.2 Å². The minimum atomic E-state index is -3.61. The van der Waals surface area contributed by atoms with Crippen LogP contribution in [0.15, 0.2) is 53.9 Å². The van der Waals surface area contributed by atoms with Crippen molar-refractivity contribution in [1.29, 1.82) is 0 Å². The van der Waals surface area contributed by atoms with Crippen LogP contribution in [0.2, 0.25) is 0 Å². The topological polar surface area (TPSA) is 113 Å². The Bertz CT molecular complexity index is 1180. The maximum atomic E-state index is 13.0. The van der Waals surface area contributed by atoms with Gasteiger partial charge in [-0.2, -0.15) is 4.31 Å². The van der Waals surface area contributed by atoms with E-state index in [1.165, 1.54) is 29.7 Å². The van der Waals surface area contributed by atoms with E-state index in [0.29, 0.717) is 37.7 Å². The molecule has 11 heteroatoms. The van der Waals surface area contributed by atoms with Crippen molar-refractivity contribution in [3.63, 3.8) is 0 Å². The van der Waals surface area contributed by atoms with E-state index >= 15 is 0 Å². The monoisotopic (exact) mass is 441 g/mol. The molecule has 0 atom stereocenters. The lowest BCUT2D eigenvalue weighted by Gasteiger charge is -2.34. The molecule has 1 N–H and O–H groups in total. The summed E-state index contributed by atoms with van der Waals surface area (Å²) in [6.07, 6.45) is 5.05. The number of hydrogen-bond acceptors (Lipinski definition) is 7. The summed E-state index contributed by atoms with van der Waals surface area (Å²) in [7, 11) is -3.61. The van der Waals surface area contributed by atoms with Crippen LogP contribution in [0.1, 0.15) is 12.7 Å². The molecule has 1 saturated heterocycles. The number of imidazole rings is 1. The van der Waals surface area contributed by atoms with Crippen LogP contribution in [0.4, 0.5) is 11.5 Å². The van der Waals surface area contributed by atoms with Crippen LogP contribution in [0.25, 0.3) is 5.82 Å². The van der Waals surface area contributed by atoms with Gasteiger partial charge in [-0.05, 0) is 31.2 Å². The molecule has 3 heterocycles. The quantitative estimate of drug-likeness (QED) is 0.637. The van der Waals surface area contributed by atoms with Gasteiger partial charge in [0.1, 0.15) is 23.8 Å². The summed E-state index contributed by atoms with van der Waals surface area (Å²) in [5, 5.41) is 2.63. The Morgan fingerprint density at radius 1 is 1.00 bits per heavy atom. The summed E-state index contributed by atoms with van der Waals surface area (Å²) < 4.78 is 29.3. The first kappa shape index (κ1) is 20.9. The van der Waals surface area contributed by atoms with E-state index in [1.54, 1.807) is 18.3 Å². The van der Waals surface area contributed by atoms with E-state index in [4.69, 9.17) is 0 Å². The van der Waals surface area contributed by atoms with Gasteiger partial charge in [-0.3, -0.25) is 9.36 Å². The number of hydrogen-bond donors (Lipinski definition) is 1. The van der Waals surface area contributed by atoms with Gasteiger partial charge >= 0.3 is 0 Å². The molecule has 1 fully saturated rings. The van der Waals surface area contributed by atoms with Crippen molar-refractivity contribution in [2.45, 2.75) is 18.7 Å². The van der Waals surface area contributed by atoms with Crippen LogP contribution in [0.3, 0.4) is 0 Å². The van der Waals surface area contributed by atoms with Crippen molar-refractivity contribution in [3.05, 3.63) is 54.9 Å². The zero-order chi connectivity index (χ0) is 22.0. The molecule has 0 aliphatic carbocycles. The van der Waals surface area contributed by atoms with Gasteiger partial charge in [-0.15, -0.1) is 0 Å². The zero-order valence-corrected chi connectivity index (χ0v) is 18.1. The minimum Gasteiger partial charge on any atom is -0.354 e. The smallest absolute Gasteiger partial charge is 0.243 e. The van der Waals surface area contributed by atoms with Crippen molar-refractivity contribution in [1.82, 2.24) is 23.8 Å². The third kappa shape index (κ3) is 4.42. The van der Waals surface area contributed by atoms with Crippen molar-refractivity contribution >= 4 is 27.4 Å². The molecule has 0 radical (unpaired) electrons. The highest BCUT2D eigenvalue weighted by molar-refractivity contribution is 7.89. The van der Waals surface area contributed by atoms with Gasteiger partial charge in [0.25, 0.3) is 0 Å². The zero-order valence-electron chi connectivity index (χ0n) is 17.3.